The maximum absolute atomic E-state index is 12.8. The van der Waals surface area contributed by atoms with Gasteiger partial charge in [-0.15, -0.1) is 0 Å². The number of rotatable bonds is 6. The van der Waals surface area contributed by atoms with Crippen LogP contribution in [0.1, 0.15) is 37.2 Å². The predicted octanol–water partition coefficient (Wildman–Crippen LogP) is 2.77. The lowest BCUT2D eigenvalue weighted by Gasteiger charge is -2.26. The molecule has 2 atom stereocenters. The summed E-state index contributed by atoms with van der Waals surface area (Å²) in [6.07, 6.45) is 3.69. The van der Waals surface area contributed by atoms with Crippen molar-refractivity contribution in [3.63, 3.8) is 0 Å². The summed E-state index contributed by atoms with van der Waals surface area (Å²) in [5.74, 6) is 0.235. The van der Waals surface area contributed by atoms with Gasteiger partial charge in [-0.25, -0.2) is 4.39 Å². The number of ketones is 1. The number of pyridine rings is 1. The second-order valence-corrected chi connectivity index (χ2v) is 5.64. The Morgan fingerprint density at radius 3 is 2.68 bits per heavy atom. The Kier molecular flexibility index (Phi) is 4.30. The lowest BCUT2D eigenvalue weighted by atomic mass is 10.0. The summed E-state index contributed by atoms with van der Waals surface area (Å²) in [5.41, 5.74) is 0.348. The zero-order valence-corrected chi connectivity index (χ0v) is 11.8. The molecule has 0 radical (unpaired) electrons. The summed E-state index contributed by atoms with van der Waals surface area (Å²) < 4.78 is 12.8. The van der Waals surface area contributed by atoms with Crippen LogP contribution in [0.5, 0.6) is 0 Å². The molecule has 104 valence electrons. The van der Waals surface area contributed by atoms with Crippen molar-refractivity contribution in [3.05, 3.63) is 29.8 Å². The second kappa shape index (κ2) is 5.78. The van der Waals surface area contributed by atoms with Crippen LogP contribution in [0.25, 0.3) is 0 Å². The summed E-state index contributed by atoms with van der Waals surface area (Å²) in [4.78, 5) is 18.3. The maximum Gasteiger partial charge on any atom is 0.185 e. The molecule has 1 aromatic heterocycles. The molecule has 1 fully saturated rings. The van der Waals surface area contributed by atoms with Crippen molar-refractivity contribution >= 4 is 5.78 Å². The first-order valence-electron chi connectivity index (χ1n) is 6.85. The fourth-order valence-corrected chi connectivity index (χ4v) is 2.39. The van der Waals surface area contributed by atoms with Crippen molar-refractivity contribution in [1.82, 2.24) is 9.88 Å². The van der Waals surface area contributed by atoms with Gasteiger partial charge in [0.05, 0.1) is 6.20 Å². The average Bonchev–Trinajstić information content (AvgIpc) is 3.22. The van der Waals surface area contributed by atoms with Gasteiger partial charge in [-0.3, -0.25) is 9.78 Å². The third kappa shape index (κ3) is 3.60. The lowest BCUT2D eigenvalue weighted by molar-refractivity contribution is 0.0879. The van der Waals surface area contributed by atoms with Gasteiger partial charge in [0.15, 0.2) is 5.78 Å². The number of hydrogen-bond donors (Lipinski definition) is 0. The fourth-order valence-electron chi connectivity index (χ4n) is 2.39. The zero-order valence-electron chi connectivity index (χ0n) is 11.8. The van der Waals surface area contributed by atoms with Crippen LogP contribution < -0.4 is 0 Å². The first-order valence-corrected chi connectivity index (χ1v) is 6.85. The quantitative estimate of drug-likeness (QED) is 0.741. The van der Waals surface area contributed by atoms with E-state index in [1.807, 2.05) is 6.92 Å². The van der Waals surface area contributed by atoms with Crippen LogP contribution in [-0.4, -0.2) is 35.3 Å². The zero-order chi connectivity index (χ0) is 14.0. The summed E-state index contributed by atoms with van der Waals surface area (Å²) in [5, 5.41) is 0. The molecule has 2 rings (SSSR count). The molecular weight excluding hydrogens is 243 g/mol. The number of Topliss-reactive ketones (excluding diaryl/α,β-unsaturated/α-hetero) is 1. The van der Waals surface area contributed by atoms with Gasteiger partial charge in [0.25, 0.3) is 0 Å². The first kappa shape index (κ1) is 14.1. The standard InChI is InChI=1S/C15H21FN2O/c1-10(9-18(3)11(2)12-4-5-12)15(19)14-7-6-13(16)8-17-14/h6-8,10-12H,4-5,9H2,1-3H3. The minimum atomic E-state index is -0.413. The van der Waals surface area contributed by atoms with Crippen molar-refractivity contribution in [2.24, 2.45) is 11.8 Å². The van der Waals surface area contributed by atoms with Gasteiger partial charge in [0.2, 0.25) is 0 Å². The number of hydrogen-bond acceptors (Lipinski definition) is 3. The maximum atomic E-state index is 12.8. The van der Waals surface area contributed by atoms with Gasteiger partial charge in [-0.2, -0.15) is 0 Å². The van der Waals surface area contributed by atoms with Gasteiger partial charge in [-0.1, -0.05) is 6.92 Å². The molecule has 1 heterocycles. The molecule has 0 spiro atoms. The molecule has 0 amide bonds. The topological polar surface area (TPSA) is 33.2 Å². The normalized spacial score (nSPS) is 18.4. The molecule has 1 aliphatic rings. The molecule has 0 N–H and O–H groups in total. The van der Waals surface area contributed by atoms with E-state index in [9.17, 15) is 9.18 Å². The minimum Gasteiger partial charge on any atom is -0.303 e. The van der Waals surface area contributed by atoms with Crippen molar-refractivity contribution in [2.45, 2.75) is 32.7 Å². The van der Waals surface area contributed by atoms with Gasteiger partial charge in [-0.05, 0) is 44.9 Å². The van der Waals surface area contributed by atoms with Gasteiger partial charge in [0, 0.05) is 18.5 Å². The van der Waals surface area contributed by atoms with E-state index in [0.29, 0.717) is 11.7 Å². The van der Waals surface area contributed by atoms with Gasteiger partial charge >= 0.3 is 0 Å². The highest BCUT2D eigenvalue weighted by Crippen LogP contribution is 2.34. The van der Waals surface area contributed by atoms with E-state index in [1.165, 1.54) is 25.0 Å². The summed E-state index contributed by atoms with van der Waals surface area (Å²) in [7, 11) is 2.06. The third-order valence-corrected chi connectivity index (χ3v) is 3.99. The Morgan fingerprint density at radius 1 is 1.47 bits per heavy atom. The average molecular weight is 264 g/mol. The van der Waals surface area contributed by atoms with E-state index in [-0.39, 0.29) is 11.7 Å². The molecule has 0 saturated heterocycles. The Hall–Kier alpha value is -1.29. The van der Waals surface area contributed by atoms with Crippen LogP contribution >= 0.6 is 0 Å². The fraction of sp³-hybridized carbons (Fsp3) is 0.600. The number of halogens is 1. The van der Waals surface area contributed by atoms with Crippen molar-refractivity contribution in [3.8, 4) is 0 Å². The first-order chi connectivity index (χ1) is 8.99. The number of carbonyl (C=O) groups excluding carboxylic acids is 1. The molecule has 1 saturated carbocycles. The van der Waals surface area contributed by atoms with E-state index in [4.69, 9.17) is 0 Å². The molecule has 1 aliphatic carbocycles. The summed E-state index contributed by atoms with van der Waals surface area (Å²) >= 11 is 0. The van der Waals surface area contributed by atoms with E-state index in [0.717, 1.165) is 18.7 Å². The summed E-state index contributed by atoms with van der Waals surface area (Å²) in [6.45, 7) is 4.84. The Bertz CT molecular complexity index is 442. The number of nitrogens with zero attached hydrogens (tertiary/aromatic N) is 2. The van der Waals surface area contributed by atoms with Crippen molar-refractivity contribution in [1.29, 1.82) is 0 Å². The highest BCUT2D eigenvalue weighted by atomic mass is 19.1. The Labute approximate surface area is 113 Å². The van der Waals surface area contributed by atoms with Crippen molar-refractivity contribution in [2.75, 3.05) is 13.6 Å². The monoisotopic (exact) mass is 264 g/mol. The number of aromatic nitrogens is 1. The highest BCUT2D eigenvalue weighted by Gasteiger charge is 2.31. The smallest absolute Gasteiger partial charge is 0.185 e. The van der Waals surface area contributed by atoms with Gasteiger partial charge < -0.3 is 4.90 Å². The predicted molar refractivity (Wildman–Crippen MR) is 72.5 cm³/mol. The second-order valence-electron chi connectivity index (χ2n) is 5.64. The molecule has 4 heteroatoms. The van der Waals surface area contributed by atoms with Crippen LogP contribution in [-0.2, 0) is 0 Å². The van der Waals surface area contributed by atoms with E-state index < -0.39 is 5.82 Å². The molecule has 19 heavy (non-hydrogen) atoms. The SMILES string of the molecule is CC(CN(C)C(C)C1CC1)C(=O)c1ccc(F)cn1. The minimum absolute atomic E-state index is 0.0187. The van der Waals surface area contributed by atoms with Crippen LogP contribution in [0.15, 0.2) is 18.3 Å². The van der Waals surface area contributed by atoms with Crippen LogP contribution in [0, 0.1) is 17.7 Å². The molecule has 1 aromatic rings. The molecular formula is C15H21FN2O. The largest absolute Gasteiger partial charge is 0.303 e. The molecule has 0 aliphatic heterocycles. The Balaban J connectivity index is 1.93. The van der Waals surface area contributed by atoms with E-state index >= 15 is 0 Å². The van der Waals surface area contributed by atoms with Crippen LogP contribution in [0.2, 0.25) is 0 Å². The van der Waals surface area contributed by atoms with E-state index in [1.54, 1.807) is 0 Å². The van der Waals surface area contributed by atoms with Gasteiger partial charge in [0.1, 0.15) is 11.5 Å². The molecule has 0 aromatic carbocycles. The van der Waals surface area contributed by atoms with Crippen molar-refractivity contribution < 1.29 is 9.18 Å². The third-order valence-electron chi connectivity index (χ3n) is 3.99. The molecule has 0 bridgehead atoms. The lowest BCUT2D eigenvalue weighted by Crippen LogP contribution is -2.36. The Morgan fingerprint density at radius 2 is 2.16 bits per heavy atom. The van der Waals surface area contributed by atoms with E-state index in [2.05, 4.69) is 23.9 Å². The number of carbonyl (C=O) groups is 1. The highest BCUT2D eigenvalue weighted by molar-refractivity contribution is 5.95. The summed E-state index contributed by atoms with van der Waals surface area (Å²) in [6, 6.07) is 3.26. The molecule has 3 nitrogen and oxygen atoms in total. The molecule has 2 unspecified atom stereocenters. The van der Waals surface area contributed by atoms with Crippen LogP contribution in [0.4, 0.5) is 4.39 Å². The van der Waals surface area contributed by atoms with Crippen LogP contribution in [0.3, 0.4) is 0 Å².